The van der Waals surface area contributed by atoms with Crippen LogP contribution >= 0.6 is 0 Å². The van der Waals surface area contributed by atoms with Crippen molar-refractivity contribution in [2.24, 2.45) is 0 Å². The SMILES string of the molecule is c1ccc(-c2ccc(-c3nc(-c4ccc(-c5cccc(-c6ccccc6)c5)cc4)nc(-c4cccc5oc6c(-c7ccc(-c8ccccc8)cc7-c7ccccc7)cccc6c45)n3)cc2)cc1. The van der Waals surface area contributed by atoms with E-state index in [2.05, 4.69) is 224 Å². The van der Waals surface area contributed by atoms with Crippen molar-refractivity contribution in [2.75, 3.05) is 0 Å². The average molecular weight is 856 g/mol. The molecule has 0 unspecified atom stereocenters. The Hall–Kier alpha value is -8.99. The van der Waals surface area contributed by atoms with Crippen LogP contribution in [0, 0.1) is 0 Å². The molecule has 0 radical (unpaired) electrons. The van der Waals surface area contributed by atoms with Gasteiger partial charge in [0, 0.05) is 33.0 Å². The Labute approximate surface area is 389 Å². The summed E-state index contributed by atoms with van der Waals surface area (Å²) < 4.78 is 6.91. The van der Waals surface area contributed by atoms with Crippen LogP contribution in [0.5, 0.6) is 0 Å². The van der Waals surface area contributed by atoms with Crippen LogP contribution in [0.15, 0.2) is 253 Å². The van der Waals surface area contributed by atoms with Gasteiger partial charge in [-0.25, -0.2) is 15.0 Å². The number of hydrogen-bond acceptors (Lipinski definition) is 4. The second-order valence-electron chi connectivity index (χ2n) is 16.7. The Morgan fingerprint density at radius 1 is 0.239 bits per heavy atom. The maximum Gasteiger partial charge on any atom is 0.164 e. The van der Waals surface area contributed by atoms with E-state index in [0.29, 0.717) is 17.5 Å². The fourth-order valence-electron chi connectivity index (χ4n) is 9.21. The van der Waals surface area contributed by atoms with Crippen LogP contribution in [0.4, 0.5) is 0 Å². The summed E-state index contributed by atoms with van der Waals surface area (Å²) in [5.74, 6) is 1.76. The maximum atomic E-state index is 6.91. The minimum absolute atomic E-state index is 0.572. The molecular formula is C63H41N3O. The van der Waals surface area contributed by atoms with E-state index in [9.17, 15) is 0 Å². The quantitative estimate of drug-likeness (QED) is 0.145. The first-order valence-electron chi connectivity index (χ1n) is 22.6. The number of furan rings is 1. The van der Waals surface area contributed by atoms with Crippen LogP contribution in [0.25, 0.3) is 123 Å². The van der Waals surface area contributed by atoms with E-state index >= 15 is 0 Å². The zero-order chi connectivity index (χ0) is 44.5. The number of benzene rings is 10. The molecule has 4 nitrogen and oxygen atoms in total. The zero-order valence-corrected chi connectivity index (χ0v) is 36.4. The molecule has 2 heterocycles. The summed E-state index contributed by atoms with van der Waals surface area (Å²) in [4.78, 5) is 15.7. The standard InChI is InChI=1S/C63H41N3O/c1-5-16-42(17-6-1)45-30-34-48(35-31-45)61-64-62(49-36-32-46(33-37-49)51-25-13-24-50(40-51)43-18-7-2-8-19-43)66-63(65-61)56-28-15-29-58-59(56)55-27-14-26-54(60(55)67-58)53-39-38-52(44-20-9-3-10-21-44)41-57(53)47-22-11-4-12-23-47/h1-41H. The third kappa shape index (κ3) is 7.67. The molecule has 12 aromatic rings. The van der Waals surface area contributed by atoms with Crippen LogP contribution in [-0.4, -0.2) is 15.0 Å². The molecule has 2 aromatic heterocycles. The Morgan fingerprint density at radius 3 is 1.22 bits per heavy atom. The highest BCUT2D eigenvalue weighted by Crippen LogP contribution is 2.44. The lowest BCUT2D eigenvalue weighted by molar-refractivity contribution is 0.670. The fraction of sp³-hybridized carbons (Fsp3) is 0. The lowest BCUT2D eigenvalue weighted by Gasteiger charge is -2.13. The highest BCUT2D eigenvalue weighted by Gasteiger charge is 2.21. The Kier molecular flexibility index (Phi) is 10.2. The van der Waals surface area contributed by atoms with Gasteiger partial charge in [-0.15, -0.1) is 0 Å². The minimum Gasteiger partial charge on any atom is -0.455 e. The predicted molar refractivity (Wildman–Crippen MR) is 276 cm³/mol. The van der Waals surface area contributed by atoms with Crippen molar-refractivity contribution in [1.82, 2.24) is 15.0 Å². The van der Waals surface area contributed by atoms with E-state index in [4.69, 9.17) is 19.4 Å². The van der Waals surface area contributed by atoms with Gasteiger partial charge in [-0.1, -0.05) is 231 Å². The molecule has 0 aliphatic rings. The molecule has 0 bridgehead atoms. The van der Waals surface area contributed by atoms with Crippen LogP contribution in [-0.2, 0) is 0 Å². The number of aromatic nitrogens is 3. The van der Waals surface area contributed by atoms with E-state index in [1.54, 1.807) is 0 Å². The molecule has 0 aliphatic heterocycles. The smallest absolute Gasteiger partial charge is 0.164 e. The van der Waals surface area contributed by atoms with E-state index in [-0.39, 0.29) is 0 Å². The van der Waals surface area contributed by atoms with Crippen molar-refractivity contribution >= 4 is 21.9 Å². The number of rotatable bonds is 9. The van der Waals surface area contributed by atoms with Crippen LogP contribution < -0.4 is 0 Å². The van der Waals surface area contributed by atoms with Gasteiger partial charge in [-0.3, -0.25) is 0 Å². The zero-order valence-electron chi connectivity index (χ0n) is 36.4. The highest BCUT2D eigenvalue weighted by atomic mass is 16.3. The maximum absolute atomic E-state index is 6.91. The molecule has 4 heteroatoms. The van der Waals surface area contributed by atoms with E-state index < -0.39 is 0 Å². The monoisotopic (exact) mass is 855 g/mol. The normalized spacial score (nSPS) is 11.3. The summed E-state index contributed by atoms with van der Waals surface area (Å²) in [7, 11) is 0. The third-order valence-corrected chi connectivity index (χ3v) is 12.6. The van der Waals surface area contributed by atoms with Gasteiger partial charge in [-0.2, -0.15) is 0 Å². The third-order valence-electron chi connectivity index (χ3n) is 12.6. The highest BCUT2D eigenvalue weighted by molar-refractivity contribution is 6.15. The van der Waals surface area contributed by atoms with Gasteiger partial charge in [-0.05, 0) is 79.4 Å². The predicted octanol–water partition coefficient (Wildman–Crippen LogP) is 16.8. The molecule has 0 spiro atoms. The number of nitrogens with zero attached hydrogens (tertiary/aromatic N) is 3. The van der Waals surface area contributed by atoms with Gasteiger partial charge >= 0.3 is 0 Å². The largest absolute Gasteiger partial charge is 0.455 e. The van der Waals surface area contributed by atoms with Crippen LogP contribution in [0.1, 0.15) is 0 Å². The fourth-order valence-corrected chi connectivity index (χ4v) is 9.21. The molecule has 0 N–H and O–H groups in total. The van der Waals surface area contributed by atoms with Crippen molar-refractivity contribution in [3.63, 3.8) is 0 Å². The number of hydrogen-bond donors (Lipinski definition) is 0. The van der Waals surface area contributed by atoms with Gasteiger partial charge in [0.25, 0.3) is 0 Å². The number of fused-ring (bicyclic) bond motifs is 3. The van der Waals surface area contributed by atoms with Crippen molar-refractivity contribution in [3.05, 3.63) is 249 Å². The lowest BCUT2D eigenvalue weighted by Crippen LogP contribution is -2.00. The Morgan fingerprint density at radius 2 is 0.642 bits per heavy atom. The molecule has 314 valence electrons. The molecule has 10 aromatic carbocycles. The summed E-state index contributed by atoms with van der Waals surface area (Å²) in [6.07, 6.45) is 0. The molecule has 0 saturated heterocycles. The van der Waals surface area contributed by atoms with Crippen molar-refractivity contribution < 1.29 is 4.42 Å². The molecular weight excluding hydrogens is 815 g/mol. The van der Waals surface area contributed by atoms with E-state index in [0.717, 1.165) is 88.7 Å². The first-order chi connectivity index (χ1) is 33.2. The second-order valence-corrected chi connectivity index (χ2v) is 16.7. The Balaban J connectivity index is 0.993. The van der Waals surface area contributed by atoms with Gasteiger partial charge in [0.1, 0.15) is 11.2 Å². The van der Waals surface area contributed by atoms with Crippen molar-refractivity contribution in [2.45, 2.75) is 0 Å². The minimum atomic E-state index is 0.572. The summed E-state index contributed by atoms with van der Waals surface area (Å²) in [5.41, 5.74) is 17.9. The van der Waals surface area contributed by atoms with E-state index in [1.807, 2.05) is 24.3 Å². The van der Waals surface area contributed by atoms with E-state index in [1.165, 1.54) is 16.7 Å². The summed E-state index contributed by atoms with van der Waals surface area (Å²) >= 11 is 0. The van der Waals surface area contributed by atoms with Gasteiger partial charge < -0.3 is 4.42 Å². The molecule has 12 rings (SSSR count). The van der Waals surface area contributed by atoms with Gasteiger partial charge in [0.05, 0.1) is 0 Å². The van der Waals surface area contributed by atoms with Crippen LogP contribution in [0.3, 0.4) is 0 Å². The average Bonchev–Trinajstić information content (AvgIpc) is 3.81. The van der Waals surface area contributed by atoms with Gasteiger partial charge in [0.2, 0.25) is 0 Å². The number of para-hydroxylation sites is 1. The van der Waals surface area contributed by atoms with Gasteiger partial charge in [0.15, 0.2) is 17.5 Å². The topological polar surface area (TPSA) is 51.8 Å². The molecule has 67 heavy (non-hydrogen) atoms. The Bertz CT molecular complexity index is 3700. The molecule has 0 amide bonds. The first-order valence-corrected chi connectivity index (χ1v) is 22.6. The molecule has 0 saturated carbocycles. The van der Waals surface area contributed by atoms with Crippen LogP contribution in [0.2, 0.25) is 0 Å². The molecule has 0 fully saturated rings. The second kappa shape index (κ2) is 17.2. The summed E-state index contributed by atoms with van der Waals surface area (Å²) in [5, 5.41) is 1.95. The molecule has 0 atom stereocenters. The summed E-state index contributed by atoms with van der Waals surface area (Å²) in [6.45, 7) is 0. The first kappa shape index (κ1) is 39.6. The lowest BCUT2D eigenvalue weighted by atomic mass is 9.90. The summed E-state index contributed by atoms with van der Waals surface area (Å²) in [6, 6.07) is 87.0. The molecule has 0 aliphatic carbocycles. The van der Waals surface area contributed by atoms with Crippen molar-refractivity contribution in [1.29, 1.82) is 0 Å². The van der Waals surface area contributed by atoms with Crippen molar-refractivity contribution in [3.8, 4) is 101 Å².